The van der Waals surface area contributed by atoms with E-state index < -0.39 is 10.9 Å². The van der Waals surface area contributed by atoms with E-state index in [-0.39, 0.29) is 17.9 Å². The van der Waals surface area contributed by atoms with Crippen LogP contribution in [0.15, 0.2) is 41.1 Å². The van der Waals surface area contributed by atoms with Crippen molar-refractivity contribution in [3.05, 3.63) is 56.8 Å². The molecule has 0 atom stereocenters. The Balaban J connectivity index is 3.54. The van der Waals surface area contributed by atoms with E-state index in [9.17, 15) is 14.9 Å². The number of esters is 1. The van der Waals surface area contributed by atoms with Crippen molar-refractivity contribution in [3.8, 4) is 0 Å². The zero-order valence-electron chi connectivity index (χ0n) is 11.6. The van der Waals surface area contributed by atoms with Crippen LogP contribution in [0.1, 0.15) is 12.0 Å². The van der Waals surface area contributed by atoms with Gasteiger partial charge in [-0.1, -0.05) is 18.7 Å². The summed E-state index contributed by atoms with van der Waals surface area (Å²) >= 11 is 3.28. The second kappa shape index (κ2) is 7.58. The highest BCUT2D eigenvalue weighted by Gasteiger charge is 2.22. The van der Waals surface area contributed by atoms with E-state index in [1.54, 1.807) is 12.1 Å². The summed E-state index contributed by atoms with van der Waals surface area (Å²) in [5.41, 5.74) is 0.555. The van der Waals surface area contributed by atoms with Crippen LogP contribution in [-0.2, 0) is 14.3 Å². The minimum Gasteiger partial charge on any atom is -0.500 e. The summed E-state index contributed by atoms with van der Waals surface area (Å²) < 4.78 is 10.3. The predicted molar refractivity (Wildman–Crippen MR) is 81.6 cm³/mol. The van der Waals surface area contributed by atoms with Gasteiger partial charge in [-0.25, -0.2) is 0 Å². The summed E-state index contributed by atoms with van der Waals surface area (Å²) in [5.74, 6) is -0.271. The minimum absolute atomic E-state index is 0.112. The molecule has 1 aromatic rings. The molecule has 0 bridgehead atoms. The van der Waals surface area contributed by atoms with Gasteiger partial charge in [0.15, 0.2) is 0 Å². The summed E-state index contributed by atoms with van der Waals surface area (Å²) in [7, 11) is 2.63. The number of nitrogens with zero attached hydrogens (tertiary/aromatic N) is 1. The first-order chi connectivity index (χ1) is 9.96. The second-order valence-electron chi connectivity index (χ2n) is 3.89. The van der Waals surface area contributed by atoms with Crippen LogP contribution in [0.2, 0.25) is 0 Å². The van der Waals surface area contributed by atoms with Gasteiger partial charge in [-0.15, -0.1) is 0 Å². The lowest BCUT2D eigenvalue weighted by atomic mass is 10.0. The fraction of sp³-hybridized carbons (Fsp3) is 0.214. The van der Waals surface area contributed by atoms with Gasteiger partial charge in [0.2, 0.25) is 0 Å². The Bertz CT molecular complexity index is 609. The normalized spacial score (nSPS) is 11.4. The molecule has 21 heavy (non-hydrogen) atoms. The van der Waals surface area contributed by atoms with E-state index in [2.05, 4.69) is 27.2 Å². The zero-order valence-corrected chi connectivity index (χ0v) is 13.2. The number of nitro groups is 1. The van der Waals surface area contributed by atoms with Crippen molar-refractivity contribution in [3.63, 3.8) is 0 Å². The predicted octanol–water partition coefficient (Wildman–Crippen LogP) is 3.46. The van der Waals surface area contributed by atoms with Gasteiger partial charge in [-0.2, -0.15) is 0 Å². The smallest absolute Gasteiger partial charge is 0.313 e. The summed E-state index contributed by atoms with van der Waals surface area (Å²) in [4.78, 5) is 22.1. The lowest BCUT2D eigenvalue weighted by Gasteiger charge is -2.12. The molecule has 112 valence electrons. The Morgan fingerprint density at radius 3 is 2.57 bits per heavy atom. The number of benzene rings is 1. The van der Waals surface area contributed by atoms with Crippen LogP contribution in [0.3, 0.4) is 0 Å². The number of allylic oxidation sites excluding steroid dienone is 2. The van der Waals surface area contributed by atoms with Gasteiger partial charge in [-0.05, 0) is 22.0 Å². The number of carbonyl (C=O) groups excluding carboxylic acids is 1. The molecule has 0 saturated carbocycles. The van der Waals surface area contributed by atoms with Crippen molar-refractivity contribution in [1.29, 1.82) is 0 Å². The highest BCUT2D eigenvalue weighted by Crippen LogP contribution is 2.36. The third-order valence-corrected chi connectivity index (χ3v) is 3.40. The number of hydrogen-bond donors (Lipinski definition) is 0. The number of carbonyl (C=O) groups is 1. The number of hydrogen-bond acceptors (Lipinski definition) is 5. The molecule has 0 N–H and O–H groups in total. The molecule has 0 spiro atoms. The van der Waals surface area contributed by atoms with E-state index in [0.29, 0.717) is 15.6 Å². The van der Waals surface area contributed by atoms with Gasteiger partial charge in [0, 0.05) is 16.1 Å². The van der Waals surface area contributed by atoms with Crippen LogP contribution in [0.4, 0.5) is 5.69 Å². The Kier molecular flexibility index (Phi) is 6.10. The van der Waals surface area contributed by atoms with Crippen molar-refractivity contribution in [1.82, 2.24) is 0 Å². The lowest BCUT2D eigenvalue weighted by molar-refractivity contribution is -0.385. The molecule has 0 aliphatic heterocycles. The maximum absolute atomic E-state index is 11.4. The fourth-order valence-corrected chi connectivity index (χ4v) is 2.34. The van der Waals surface area contributed by atoms with Crippen LogP contribution >= 0.6 is 15.9 Å². The summed E-state index contributed by atoms with van der Waals surface area (Å²) in [6, 6.07) is 4.59. The molecule has 0 aliphatic rings. The first-order valence-electron chi connectivity index (χ1n) is 5.85. The molecule has 0 saturated heterocycles. The molecule has 0 aliphatic carbocycles. The Labute approximate surface area is 130 Å². The SMILES string of the molecule is C=C/C(=C(\CC(=O)OC)OC)c1c(Br)cccc1[N+](=O)[O-]. The molecule has 0 aromatic heterocycles. The average Bonchev–Trinajstić information content (AvgIpc) is 2.47. The first-order valence-corrected chi connectivity index (χ1v) is 6.65. The van der Waals surface area contributed by atoms with Gasteiger partial charge < -0.3 is 9.47 Å². The standard InChI is InChI=1S/C14H14BrNO5/c1-4-9(12(20-2)8-13(17)21-3)14-10(15)6-5-7-11(14)16(18)19/h4-7H,1,8H2,2-3H3/b12-9-. The number of halogens is 1. The monoisotopic (exact) mass is 355 g/mol. The largest absolute Gasteiger partial charge is 0.500 e. The van der Waals surface area contributed by atoms with E-state index in [1.807, 2.05) is 0 Å². The molecule has 0 amide bonds. The first kappa shape index (κ1) is 16.9. The molecule has 0 unspecified atom stereocenters. The van der Waals surface area contributed by atoms with Crippen LogP contribution in [0, 0.1) is 10.1 Å². The van der Waals surface area contributed by atoms with Gasteiger partial charge >= 0.3 is 5.97 Å². The third kappa shape index (κ3) is 3.91. The second-order valence-corrected chi connectivity index (χ2v) is 4.74. The van der Waals surface area contributed by atoms with Gasteiger partial charge in [0.1, 0.15) is 12.2 Å². The van der Waals surface area contributed by atoms with Crippen molar-refractivity contribution >= 4 is 33.2 Å². The minimum atomic E-state index is -0.513. The molecular formula is C14H14BrNO5. The Morgan fingerprint density at radius 2 is 2.10 bits per heavy atom. The fourth-order valence-electron chi connectivity index (χ4n) is 1.77. The summed E-state index contributed by atoms with van der Waals surface area (Å²) in [5, 5.41) is 11.2. The van der Waals surface area contributed by atoms with Crippen molar-refractivity contribution < 1.29 is 19.2 Å². The molecular weight excluding hydrogens is 342 g/mol. The van der Waals surface area contributed by atoms with Gasteiger partial charge in [0.05, 0.1) is 24.7 Å². The number of rotatable bonds is 6. The van der Waals surface area contributed by atoms with Crippen molar-refractivity contribution in [2.45, 2.75) is 6.42 Å². The van der Waals surface area contributed by atoms with Crippen LogP contribution in [0.5, 0.6) is 0 Å². The topological polar surface area (TPSA) is 78.7 Å². The van der Waals surface area contributed by atoms with Crippen LogP contribution in [0.25, 0.3) is 5.57 Å². The Hall–Kier alpha value is -2.15. The molecule has 6 nitrogen and oxygen atoms in total. The Morgan fingerprint density at radius 1 is 1.43 bits per heavy atom. The number of ether oxygens (including phenoxy) is 2. The molecule has 0 heterocycles. The number of methoxy groups -OCH3 is 2. The van der Waals surface area contributed by atoms with E-state index in [4.69, 9.17) is 4.74 Å². The van der Waals surface area contributed by atoms with Crippen molar-refractivity contribution in [2.24, 2.45) is 0 Å². The molecule has 0 radical (unpaired) electrons. The zero-order chi connectivity index (χ0) is 16.0. The quantitative estimate of drug-likeness (QED) is 0.256. The highest BCUT2D eigenvalue weighted by atomic mass is 79.9. The van der Waals surface area contributed by atoms with E-state index >= 15 is 0 Å². The maximum atomic E-state index is 11.4. The molecule has 1 rings (SSSR count). The van der Waals surface area contributed by atoms with Gasteiger partial charge in [-0.3, -0.25) is 14.9 Å². The lowest BCUT2D eigenvalue weighted by Crippen LogP contribution is -2.06. The molecule has 7 heteroatoms. The van der Waals surface area contributed by atoms with E-state index in [1.165, 1.54) is 26.4 Å². The maximum Gasteiger partial charge on any atom is 0.313 e. The van der Waals surface area contributed by atoms with E-state index in [0.717, 1.165) is 0 Å². The number of nitro benzene ring substituents is 1. The van der Waals surface area contributed by atoms with Crippen LogP contribution < -0.4 is 0 Å². The highest BCUT2D eigenvalue weighted by molar-refractivity contribution is 9.10. The van der Waals surface area contributed by atoms with Crippen molar-refractivity contribution in [2.75, 3.05) is 14.2 Å². The molecule has 1 aromatic carbocycles. The average molecular weight is 356 g/mol. The van der Waals surface area contributed by atoms with Crippen LogP contribution in [-0.4, -0.2) is 25.1 Å². The van der Waals surface area contributed by atoms with Gasteiger partial charge in [0.25, 0.3) is 5.69 Å². The summed E-state index contributed by atoms with van der Waals surface area (Å²) in [6.45, 7) is 3.65. The molecule has 0 fully saturated rings. The summed E-state index contributed by atoms with van der Waals surface area (Å²) in [6.07, 6.45) is 1.27. The third-order valence-electron chi connectivity index (χ3n) is 2.74.